The second kappa shape index (κ2) is 6.11. The van der Waals surface area contributed by atoms with Crippen LogP contribution in [-0.2, 0) is 10.0 Å². The normalized spacial score (nSPS) is 17.7. The van der Waals surface area contributed by atoms with E-state index in [9.17, 15) is 8.42 Å². The Morgan fingerprint density at radius 3 is 2.47 bits per heavy atom. The van der Waals surface area contributed by atoms with E-state index in [-0.39, 0.29) is 11.6 Å². The topological polar surface area (TPSA) is 40.6 Å². The number of sulfonamides is 1. The lowest BCUT2D eigenvalue weighted by Gasteiger charge is -2.35. The van der Waals surface area contributed by atoms with Crippen molar-refractivity contribution in [3.8, 4) is 0 Å². The van der Waals surface area contributed by atoms with Crippen molar-refractivity contribution in [2.24, 2.45) is 0 Å². The number of nitrogens with zero attached hydrogens (tertiary/aromatic N) is 2. The molecule has 6 heteroatoms. The molecule has 0 saturated carbocycles. The largest absolute Gasteiger partial charge is 0.369 e. The predicted octanol–water partition coefficient (Wildman–Crippen LogP) is 1.69. The van der Waals surface area contributed by atoms with Gasteiger partial charge in [0.15, 0.2) is 0 Å². The minimum Gasteiger partial charge on any atom is -0.369 e. The number of hydrogen-bond acceptors (Lipinski definition) is 3. The van der Waals surface area contributed by atoms with E-state index in [0.717, 1.165) is 18.8 Å². The molecule has 0 aromatic heterocycles. The first-order chi connectivity index (χ1) is 9.03. The zero-order chi connectivity index (χ0) is 13.9. The first-order valence-corrected chi connectivity index (χ1v) is 8.53. The van der Waals surface area contributed by atoms with E-state index < -0.39 is 10.0 Å². The van der Waals surface area contributed by atoms with E-state index in [0.29, 0.717) is 13.1 Å². The van der Waals surface area contributed by atoms with Crippen molar-refractivity contribution in [2.75, 3.05) is 42.7 Å². The molecule has 0 N–H and O–H groups in total. The van der Waals surface area contributed by atoms with Crippen molar-refractivity contribution < 1.29 is 8.42 Å². The molecule has 1 aromatic carbocycles. The van der Waals surface area contributed by atoms with Gasteiger partial charge < -0.3 is 4.90 Å². The van der Waals surface area contributed by atoms with Crippen molar-refractivity contribution in [1.29, 1.82) is 0 Å². The van der Waals surface area contributed by atoms with Gasteiger partial charge in [-0.3, -0.25) is 0 Å². The molecule has 0 radical (unpaired) electrons. The molecule has 1 aliphatic heterocycles. The van der Waals surface area contributed by atoms with Gasteiger partial charge in [-0.25, -0.2) is 8.42 Å². The zero-order valence-electron chi connectivity index (χ0n) is 11.0. The fourth-order valence-electron chi connectivity index (χ4n) is 2.28. The second-order valence-electron chi connectivity index (χ2n) is 4.73. The van der Waals surface area contributed by atoms with E-state index >= 15 is 0 Å². The molecule has 1 aliphatic rings. The average molecular weight is 303 g/mol. The van der Waals surface area contributed by atoms with Crippen LogP contribution < -0.4 is 4.90 Å². The minimum atomic E-state index is -3.17. The van der Waals surface area contributed by atoms with Gasteiger partial charge in [0.2, 0.25) is 10.0 Å². The van der Waals surface area contributed by atoms with Crippen molar-refractivity contribution in [2.45, 2.75) is 6.92 Å². The smallest absolute Gasteiger partial charge is 0.215 e. The maximum absolute atomic E-state index is 11.9. The van der Waals surface area contributed by atoms with Gasteiger partial charge in [-0.1, -0.05) is 12.1 Å². The Kier molecular flexibility index (Phi) is 4.71. The number of piperazine rings is 1. The van der Waals surface area contributed by atoms with Crippen LogP contribution in [0.25, 0.3) is 0 Å². The van der Waals surface area contributed by atoms with Crippen LogP contribution >= 0.6 is 11.6 Å². The summed E-state index contributed by atoms with van der Waals surface area (Å²) in [6, 6.07) is 8.28. The van der Waals surface area contributed by atoms with E-state index in [2.05, 4.69) is 30.0 Å². The number of alkyl halides is 1. The molecule has 4 nitrogen and oxygen atoms in total. The number of aryl methyl sites for hydroxylation is 1. The van der Waals surface area contributed by atoms with Crippen molar-refractivity contribution >= 4 is 27.3 Å². The number of halogens is 1. The molecule has 1 aromatic rings. The van der Waals surface area contributed by atoms with Gasteiger partial charge in [-0.05, 0) is 24.6 Å². The number of rotatable bonds is 4. The number of hydrogen-bond donors (Lipinski definition) is 0. The monoisotopic (exact) mass is 302 g/mol. The first-order valence-electron chi connectivity index (χ1n) is 6.38. The molecule has 106 valence electrons. The molecule has 0 bridgehead atoms. The first kappa shape index (κ1) is 14.6. The van der Waals surface area contributed by atoms with Crippen LogP contribution in [0.2, 0.25) is 0 Å². The minimum absolute atomic E-state index is 0.0268. The van der Waals surface area contributed by atoms with Crippen LogP contribution in [0.3, 0.4) is 0 Å². The Morgan fingerprint density at radius 2 is 1.89 bits per heavy atom. The number of benzene rings is 1. The van der Waals surface area contributed by atoms with Crippen LogP contribution in [0.5, 0.6) is 0 Å². The third-order valence-corrected chi connectivity index (χ3v) is 5.62. The van der Waals surface area contributed by atoms with E-state index in [4.69, 9.17) is 11.6 Å². The van der Waals surface area contributed by atoms with Crippen molar-refractivity contribution in [3.63, 3.8) is 0 Å². The van der Waals surface area contributed by atoms with E-state index in [1.807, 2.05) is 6.07 Å². The number of anilines is 1. The Bertz CT molecular complexity index is 525. The molecule has 1 heterocycles. The summed E-state index contributed by atoms with van der Waals surface area (Å²) in [5, 5.41) is 0. The predicted molar refractivity (Wildman–Crippen MR) is 79.5 cm³/mol. The quantitative estimate of drug-likeness (QED) is 0.795. The van der Waals surface area contributed by atoms with Crippen LogP contribution in [-0.4, -0.2) is 50.5 Å². The summed E-state index contributed by atoms with van der Waals surface area (Å²) in [6.45, 7) is 4.58. The SMILES string of the molecule is Cc1cccc(N2CCN(S(=O)(=O)CCCl)CC2)c1. The maximum Gasteiger partial charge on any atom is 0.215 e. The molecule has 0 aliphatic carbocycles. The van der Waals surface area contributed by atoms with Gasteiger partial charge >= 0.3 is 0 Å². The van der Waals surface area contributed by atoms with Gasteiger partial charge in [-0.2, -0.15) is 4.31 Å². The lowest BCUT2D eigenvalue weighted by Crippen LogP contribution is -2.49. The highest BCUT2D eigenvalue weighted by atomic mass is 35.5. The molecule has 0 atom stereocenters. The summed E-state index contributed by atoms with van der Waals surface area (Å²) < 4.78 is 25.4. The molecule has 0 spiro atoms. The third kappa shape index (κ3) is 3.61. The van der Waals surface area contributed by atoms with E-state index in [1.165, 1.54) is 5.56 Å². The molecule has 1 saturated heterocycles. The highest BCUT2D eigenvalue weighted by Crippen LogP contribution is 2.19. The standard InChI is InChI=1S/C13H19ClN2O2S/c1-12-3-2-4-13(11-12)15-6-8-16(9-7-15)19(17,18)10-5-14/h2-4,11H,5-10H2,1H3. The molecular formula is C13H19ClN2O2S. The highest BCUT2D eigenvalue weighted by molar-refractivity contribution is 7.89. The highest BCUT2D eigenvalue weighted by Gasteiger charge is 2.26. The summed E-state index contributed by atoms with van der Waals surface area (Å²) in [5.41, 5.74) is 2.38. The van der Waals surface area contributed by atoms with Gasteiger partial charge in [0, 0.05) is 37.7 Å². The Balaban J connectivity index is 2.00. The average Bonchev–Trinajstić information content (AvgIpc) is 2.39. The van der Waals surface area contributed by atoms with Gasteiger partial charge in [-0.15, -0.1) is 11.6 Å². The molecule has 0 amide bonds. The molecule has 0 unspecified atom stereocenters. The Hall–Kier alpha value is -0.780. The summed E-state index contributed by atoms with van der Waals surface area (Å²) in [7, 11) is -3.17. The summed E-state index contributed by atoms with van der Waals surface area (Å²) in [5.74, 6) is 0.180. The Labute approximate surface area is 120 Å². The maximum atomic E-state index is 11.9. The van der Waals surface area contributed by atoms with Gasteiger partial charge in [0.1, 0.15) is 0 Å². The van der Waals surface area contributed by atoms with Crippen LogP contribution in [0.15, 0.2) is 24.3 Å². The summed E-state index contributed by atoms with van der Waals surface area (Å²) in [6.07, 6.45) is 0. The molecule has 2 rings (SSSR count). The molecular weight excluding hydrogens is 284 g/mol. The summed E-state index contributed by atoms with van der Waals surface area (Å²) >= 11 is 5.53. The lowest BCUT2D eigenvalue weighted by atomic mass is 10.2. The van der Waals surface area contributed by atoms with Crippen molar-refractivity contribution in [1.82, 2.24) is 4.31 Å². The summed E-state index contributed by atoms with van der Waals surface area (Å²) in [4.78, 5) is 2.22. The van der Waals surface area contributed by atoms with Gasteiger partial charge in [0.25, 0.3) is 0 Å². The second-order valence-corrected chi connectivity index (χ2v) is 7.20. The molecule has 19 heavy (non-hydrogen) atoms. The fourth-order valence-corrected chi connectivity index (χ4v) is 4.03. The van der Waals surface area contributed by atoms with E-state index in [1.54, 1.807) is 4.31 Å². The van der Waals surface area contributed by atoms with Gasteiger partial charge in [0.05, 0.1) is 5.75 Å². The Morgan fingerprint density at radius 1 is 1.21 bits per heavy atom. The van der Waals surface area contributed by atoms with Crippen LogP contribution in [0, 0.1) is 6.92 Å². The third-order valence-electron chi connectivity index (χ3n) is 3.33. The van der Waals surface area contributed by atoms with Crippen molar-refractivity contribution in [3.05, 3.63) is 29.8 Å². The van der Waals surface area contributed by atoms with Crippen LogP contribution in [0.4, 0.5) is 5.69 Å². The lowest BCUT2D eigenvalue weighted by molar-refractivity contribution is 0.385. The molecule has 1 fully saturated rings. The van der Waals surface area contributed by atoms with Crippen LogP contribution in [0.1, 0.15) is 5.56 Å². The fraction of sp³-hybridized carbons (Fsp3) is 0.538. The zero-order valence-corrected chi connectivity index (χ0v) is 12.6.